The lowest BCUT2D eigenvalue weighted by Gasteiger charge is -2.23. The molecule has 6 nitrogen and oxygen atoms in total. The summed E-state index contributed by atoms with van der Waals surface area (Å²) in [6, 6.07) is 2.22. The van der Waals surface area contributed by atoms with Gasteiger partial charge in [-0.1, -0.05) is 0 Å². The fourth-order valence-corrected chi connectivity index (χ4v) is 3.00. The van der Waals surface area contributed by atoms with E-state index in [1.165, 1.54) is 25.7 Å². The maximum atomic E-state index is 5.79. The molecule has 122 valence electrons. The molecule has 0 aliphatic carbocycles. The molecule has 2 atom stereocenters. The third-order valence-electron chi connectivity index (χ3n) is 4.32. The van der Waals surface area contributed by atoms with Gasteiger partial charge in [-0.2, -0.15) is 4.98 Å². The van der Waals surface area contributed by atoms with Crippen molar-refractivity contribution >= 4 is 0 Å². The number of nitrogens with zero attached hydrogens (tertiary/aromatic N) is 2. The van der Waals surface area contributed by atoms with Crippen LogP contribution in [-0.4, -0.2) is 49.4 Å². The molecule has 2 saturated heterocycles. The molecule has 0 amide bonds. The highest BCUT2D eigenvalue weighted by atomic mass is 16.5. The van der Waals surface area contributed by atoms with Crippen molar-refractivity contribution in [1.82, 2.24) is 20.6 Å². The normalized spacial score (nSPS) is 25.6. The minimum Gasteiger partial charge on any atom is -0.477 e. The second kappa shape index (κ2) is 8.29. The minimum atomic E-state index is 0.421. The Balaban J connectivity index is 1.44. The standard InChI is InChI=1S/C16H26N4O2/c1-3-13(9-17-6-1)11-21-15-5-8-19-16(20-15)22-12-14-4-2-7-18-10-14/h5,8,13-14,17-18H,1-4,6-7,9-12H2/t13-,14+/m1/s1. The van der Waals surface area contributed by atoms with E-state index in [2.05, 4.69) is 20.6 Å². The maximum Gasteiger partial charge on any atom is 0.319 e. The zero-order valence-corrected chi connectivity index (χ0v) is 13.1. The van der Waals surface area contributed by atoms with Crippen LogP contribution < -0.4 is 20.1 Å². The molecule has 0 unspecified atom stereocenters. The maximum absolute atomic E-state index is 5.79. The zero-order valence-electron chi connectivity index (χ0n) is 13.1. The van der Waals surface area contributed by atoms with Crippen LogP contribution >= 0.6 is 0 Å². The van der Waals surface area contributed by atoms with Crippen LogP contribution in [0.4, 0.5) is 0 Å². The molecule has 0 saturated carbocycles. The number of hydrogen-bond acceptors (Lipinski definition) is 6. The smallest absolute Gasteiger partial charge is 0.319 e. The largest absolute Gasteiger partial charge is 0.477 e. The van der Waals surface area contributed by atoms with E-state index in [1.54, 1.807) is 12.3 Å². The van der Waals surface area contributed by atoms with Crippen molar-refractivity contribution in [1.29, 1.82) is 0 Å². The second-order valence-electron chi connectivity index (χ2n) is 6.22. The van der Waals surface area contributed by atoms with Gasteiger partial charge in [0.2, 0.25) is 5.88 Å². The number of hydrogen-bond donors (Lipinski definition) is 2. The van der Waals surface area contributed by atoms with Crippen molar-refractivity contribution in [2.45, 2.75) is 25.7 Å². The average molecular weight is 306 g/mol. The van der Waals surface area contributed by atoms with Crippen molar-refractivity contribution in [2.24, 2.45) is 11.8 Å². The second-order valence-corrected chi connectivity index (χ2v) is 6.22. The van der Waals surface area contributed by atoms with E-state index < -0.39 is 0 Å². The highest BCUT2D eigenvalue weighted by Gasteiger charge is 2.15. The van der Waals surface area contributed by atoms with Gasteiger partial charge in [0, 0.05) is 37.2 Å². The van der Waals surface area contributed by atoms with Gasteiger partial charge in [-0.15, -0.1) is 0 Å². The van der Waals surface area contributed by atoms with E-state index in [0.717, 1.165) is 26.2 Å². The molecule has 0 bridgehead atoms. The van der Waals surface area contributed by atoms with Crippen molar-refractivity contribution < 1.29 is 9.47 Å². The zero-order chi connectivity index (χ0) is 15.0. The highest BCUT2D eigenvalue weighted by Crippen LogP contribution is 2.16. The van der Waals surface area contributed by atoms with Gasteiger partial charge in [0.25, 0.3) is 0 Å². The molecule has 1 aromatic rings. The first kappa shape index (κ1) is 15.5. The Morgan fingerprint density at radius 1 is 1.00 bits per heavy atom. The van der Waals surface area contributed by atoms with Crippen molar-refractivity contribution in [2.75, 3.05) is 39.4 Å². The first-order valence-electron chi connectivity index (χ1n) is 8.40. The van der Waals surface area contributed by atoms with Gasteiger partial charge < -0.3 is 20.1 Å². The molecule has 0 radical (unpaired) electrons. The quantitative estimate of drug-likeness (QED) is 0.824. The number of aromatic nitrogens is 2. The van der Waals surface area contributed by atoms with Crippen LogP contribution in [0.25, 0.3) is 0 Å². The molecule has 2 aliphatic rings. The van der Waals surface area contributed by atoms with E-state index in [1.807, 2.05) is 0 Å². The first-order chi connectivity index (χ1) is 10.9. The van der Waals surface area contributed by atoms with E-state index >= 15 is 0 Å². The van der Waals surface area contributed by atoms with Crippen LogP contribution in [0.5, 0.6) is 11.9 Å². The molecule has 0 spiro atoms. The van der Waals surface area contributed by atoms with E-state index in [4.69, 9.17) is 9.47 Å². The third kappa shape index (κ3) is 4.81. The van der Waals surface area contributed by atoms with Gasteiger partial charge in [0.05, 0.1) is 13.2 Å². The molecule has 22 heavy (non-hydrogen) atoms. The Kier molecular flexibility index (Phi) is 5.84. The van der Waals surface area contributed by atoms with Gasteiger partial charge >= 0.3 is 6.01 Å². The lowest BCUT2D eigenvalue weighted by atomic mass is 10.0. The fraction of sp³-hybridized carbons (Fsp3) is 0.750. The van der Waals surface area contributed by atoms with E-state index in [-0.39, 0.29) is 0 Å². The van der Waals surface area contributed by atoms with Crippen LogP contribution in [0.1, 0.15) is 25.7 Å². The fourth-order valence-electron chi connectivity index (χ4n) is 3.00. The van der Waals surface area contributed by atoms with Crippen LogP contribution in [-0.2, 0) is 0 Å². The Bertz CT molecular complexity index is 408. The number of piperidine rings is 2. The molecule has 2 N–H and O–H groups in total. The number of nitrogens with one attached hydrogen (secondary N) is 2. The Morgan fingerprint density at radius 2 is 1.68 bits per heavy atom. The summed E-state index contributed by atoms with van der Waals surface area (Å²) in [6.45, 7) is 5.66. The molecular formula is C16H26N4O2. The predicted octanol–water partition coefficient (Wildman–Crippen LogP) is 1.23. The topological polar surface area (TPSA) is 68.3 Å². The summed E-state index contributed by atoms with van der Waals surface area (Å²) >= 11 is 0. The average Bonchev–Trinajstić information content (AvgIpc) is 2.60. The summed E-state index contributed by atoms with van der Waals surface area (Å²) in [5, 5.41) is 6.78. The van der Waals surface area contributed by atoms with E-state index in [0.29, 0.717) is 36.9 Å². The molecule has 3 heterocycles. The third-order valence-corrected chi connectivity index (χ3v) is 4.32. The summed E-state index contributed by atoms with van der Waals surface area (Å²) in [5.74, 6) is 1.73. The number of ether oxygens (including phenoxy) is 2. The van der Waals surface area contributed by atoms with Crippen LogP contribution in [0, 0.1) is 11.8 Å². The van der Waals surface area contributed by atoms with Crippen LogP contribution in [0.3, 0.4) is 0 Å². The number of rotatable bonds is 6. The van der Waals surface area contributed by atoms with Gasteiger partial charge in [-0.25, -0.2) is 4.98 Å². The lowest BCUT2D eigenvalue weighted by Crippen LogP contribution is -2.33. The van der Waals surface area contributed by atoms with Crippen LogP contribution in [0.15, 0.2) is 12.3 Å². The highest BCUT2D eigenvalue weighted by molar-refractivity contribution is 5.11. The van der Waals surface area contributed by atoms with E-state index in [9.17, 15) is 0 Å². The van der Waals surface area contributed by atoms with Crippen LogP contribution in [0.2, 0.25) is 0 Å². The summed E-state index contributed by atoms with van der Waals surface area (Å²) < 4.78 is 11.5. The molecule has 6 heteroatoms. The molecule has 1 aromatic heterocycles. The Labute approximate surface area is 132 Å². The monoisotopic (exact) mass is 306 g/mol. The summed E-state index contributed by atoms with van der Waals surface area (Å²) in [4.78, 5) is 8.52. The summed E-state index contributed by atoms with van der Waals surface area (Å²) in [7, 11) is 0. The first-order valence-corrected chi connectivity index (χ1v) is 8.40. The van der Waals surface area contributed by atoms with Crippen molar-refractivity contribution in [3.8, 4) is 11.9 Å². The molecular weight excluding hydrogens is 280 g/mol. The summed E-state index contributed by atoms with van der Waals surface area (Å²) in [6.07, 6.45) is 6.57. The summed E-state index contributed by atoms with van der Waals surface area (Å²) in [5.41, 5.74) is 0. The Morgan fingerprint density at radius 3 is 2.32 bits per heavy atom. The van der Waals surface area contributed by atoms with Crippen molar-refractivity contribution in [3.63, 3.8) is 0 Å². The van der Waals surface area contributed by atoms with Gasteiger partial charge in [-0.05, 0) is 38.8 Å². The van der Waals surface area contributed by atoms with Gasteiger partial charge in [0.15, 0.2) is 0 Å². The lowest BCUT2D eigenvalue weighted by molar-refractivity contribution is 0.192. The molecule has 3 rings (SSSR count). The molecule has 2 fully saturated rings. The molecule has 0 aromatic carbocycles. The Hall–Kier alpha value is -1.40. The SMILES string of the molecule is c1cc(OC[C@@H]2CCCNC2)nc(OC[C@H]2CCCNC2)n1. The predicted molar refractivity (Wildman–Crippen MR) is 84.2 cm³/mol. The van der Waals surface area contributed by atoms with Gasteiger partial charge in [-0.3, -0.25) is 0 Å². The minimum absolute atomic E-state index is 0.421. The molecule has 2 aliphatic heterocycles. The van der Waals surface area contributed by atoms with Gasteiger partial charge in [0.1, 0.15) is 0 Å². The van der Waals surface area contributed by atoms with Crippen molar-refractivity contribution in [3.05, 3.63) is 12.3 Å².